The van der Waals surface area contributed by atoms with E-state index >= 15 is 0 Å². The van der Waals surface area contributed by atoms with Crippen LogP contribution in [0.4, 0.5) is 4.39 Å². The molecule has 0 aliphatic heterocycles. The fraction of sp³-hybridized carbons (Fsp3) is 0.250. The van der Waals surface area contributed by atoms with Gasteiger partial charge < -0.3 is 0 Å². The Morgan fingerprint density at radius 3 is 2.70 bits per heavy atom. The second-order valence-corrected chi connectivity index (χ2v) is 8.00. The molecule has 0 atom stereocenters. The number of nitrogens with zero attached hydrogens (tertiary/aromatic N) is 2. The number of benzene rings is 1. The molecule has 0 saturated heterocycles. The lowest BCUT2D eigenvalue weighted by molar-refractivity contribution is 0.468. The van der Waals surface area contributed by atoms with E-state index in [4.69, 9.17) is 0 Å². The van der Waals surface area contributed by atoms with Crippen molar-refractivity contribution in [3.63, 3.8) is 0 Å². The van der Waals surface area contributed by atoms with Crippen molar-refractivity contribution in [2.75, 3.05) is 7.05 Å². The number of hydrogen-bond acceptors (Lipinski definition) is 4. The number of halogens is 2. The molecule has 0 saturated carbocycles. The number of rotatable bonds is 4. The van der Waals surface area contributed by atoms with Crippen LogP contribution in [0.5, 0.6) is 0 Å². The maximum Gasteiger partial charge on any atom is 0.244 e. The summed E-state index contributed by atoms with van der Waals surface area (Å²) < 4.78 is 39.4. The molecule has 1 aromatic carbocycles. The van der Waals surface area contributed by atoms with Gasteiger partial charge in [0.2, 0.25) is 10.0 Å². The van der Waals surface area contributed by atoms with E-state index in [1.54, 1.807) is 5.51 Å². The van der Waals surface area contributed by atoms with Gasteiger partial charge in [-0.05, 0) is 41.1 Å². The molecule has 8 heteroatoms. The Balaban J connectivity index is 2.32. The first-order valence-corrected chi connectivity index (χ1v) is 8.74. The summed E-state index contributed by atoms with van der Waals surface area (Å²) in [6.07, 6.45) is 0. The van der Waals surface area contributed by atoms with Gasteiger partial charge in [0.15, 0.2) is 0 Å². The highest BCUT2D eigenvalue weighted by atomic mass is 79.9. The first-order chi connectivity index (χ1) is 9.32. The van der Waals surface area contributed by atoms with E-state index in [1.165, 1.54) is 28.8 Å². The molecule has 2 rings (SSSR count). The summed E-state index contributed by atoms with van der Waals surface area (Å²) in [5, 5.41) is 0. The Morgan fingerprint density at radius 1 is 1.45 bits per heavy atom. The fourth-order valence-electron chi connectivity index (χ4n) is 1.62. The molecule has 0 bridgehead atoms. The third-order valence-electron chi connectivity index (χ3n) is 2.79. The molecule has 0 radical (unpaired) electrons. The van der Waals surface area contributed by atoms with E-state index in [1.807, 2.05) is 6.92 Å². The largest absolute Gasteiger partial charge is 0.250 e. The van der Waals surface area contributed by atoms with Gasteiger partial charge in [-0.2, -0.15) is 4.31 Å². The molecule has 1 aromatic heterocycles. The van der Waals surface area contributed by atoms with Crippen LogP contribution in [0.25, 0.3) is 0 Å². The van der Waals surface area contributed by atoms with Crippen molar-refractivity contribution in [2.45, 2.75) is 18.4 Å². The molecule has 1 heterocycles. The third-order valence-corrected chi connectivity index (χ3v) is 6.49. The zero-order valence-corrected chi connectivity index (χ0v) is 14.0. The standard InChI is InChI=1S/C12H12BrFN2O2S2/c1-8-11(19-7-15-8)6-16(2)20(17,18)12-4-3-9(14)5-10(12)13/h3-5,7H,6H2,1-2H3. The number of sulfonamides is 1. The highest BCUT2D eigenvalue weighted by molar-refractivity contribution is 9.10. The second kappa shape index (κ2) is 5.88. The average Bonchev–Trinajstić information content (AvgIpc) is 2.74. The number of hydrogen-bond donors (Lipinski definition) is 0. The van der Waals surface area contributed by atoms with Gasteiger partial charge in [0.25, 0.3) is 0 Å². The minimum atomic E-state index is -3.68. The quantitative estimate of drug-likeness (QED) is 0.820. The molecule has 2 aromatic rings. The summed E-state index contributed by atoms with van der Waals surface area (Å²) in [6, 6.07) is 3.52. The Labute approximate surface area is 129 Å². The molecule has 0 N–H and O–H groups in total. The van der Waals surface area contributed by atoms with Gasteiger partial charge in [-0.3, -0.25) is 0 Å². The summed E-state index contributed by atoms with van der Waals surface area (Å²) in [5.74, 6) is -0.489. The Hall–Kier alpha value is -0.830. The first kappa shape index (κ1) is 15.6. The molecule has 0 amide bonds. The smallest absolute Gasteiger partial charge is 0.244 e. The van der Waals surface area contributed by atoms with Gasteiger partial charge >= 0.3 is 0 Å². The molecule has 4 nitrogen and oxygen atoms in total. The van der Waals surface area contributed by atoms with Crippen LogP contribution in [0.2, 0.25) is 0 Å². The Kier molecular flexibility index (Phi) is 4.58. The van der Waals surface area contributed by atoms with Crippen LogP contribution in [-0.2, 0) is 16.6 Å². The predicted octanol–water partition coefficient (Wildman–Crippen LogP) is 3.17. The van der Waals surface area contributed by atoms with E-state index < -0.39 is 15.8 Å². The van der Waals surface area contributed by atoms with Crippen molar-refractivity contribution in [3.8, 4) is 0 Å². The molecule has 108 valence electrons. The normalized spacial score (nSPS) is 12.1. The summed E-state index contributed by atoms with van der Waals surface area (Å²) in [4.78, 5) is 5.02. The number of aromatic nitrogens is 1. The van der Waals surface area contributed by atoms with Gasteiger partial charge in [0.1, 0.15) is 5.82 Å². The van der Waals surface area contributed by atoms with Crippen LogP contribution >= 0.6 is 27.3 Å². The summed E-state index contributed by atoms with van der Waals surface area (Å²) >= 11 is 4.49. The number of aryl methyl sites for hydroxylation is 1. The predicted molar refractivity (Wildman–Crippen MR) is 79.6 cm³/mol. The molecule has 0 fully saturated rings. The van der Waals surface area contributed by atoms with E-state index in [9.17, 15) is 12.8 Å². The van der Waals surface area contributed by atoms with Crippen molar-refractivity contribution in [3.05, 3.63) is 44.6 Å². The molecule has 0 unspecified atom stereocenters. The lowest BCUT2D eigenvalue weighted by Crippen LogP contribution is -2.26. The van der Waals surface area contributed by atoms with Crippen LogP contribution in [-0.4, -0.2) is 24.8 Å². The zero-order chi connectivity index (χ0) is 14.9. The average molecular weight is 379 g/mol. The van der Waals surface area contributed by atoms with Crippen LogP contribution in [0, 0.1) is 12.7 Å². The zero-order valence-electron chi connectivity index (χ0n) is 10.8. The maximum atomic E-state index is 13.0. The van der Waals surface area contributed by atoms with Crippen molar-refractivity contribution < 1.29 is 12.8 Å². The lowest BCUT2D eigenvalue weighted by Gasteiger charge is -2.17. The van der Waals surface area contributed by atoms with Gasteiger partial charge in [0.05, 0.1) is 16.1 Å². The molecular formula is C12H12BrFN2O2S2. The minimum Gasteiger partial charge on any atom is -0.250 e. The highest BCUT2D eigenvalue weighted by Gasteiger charge is 2.24. The van der Waals surface area contributed by atoms with Crippen LogP contribution in [0.1, 0.15) is 10.6 Å². The molecule has 0 aliphatic carbocycles. The SMILES string of the molecule is Cc1ncsc1CN(C)S(=O)(=O)c1ccc(F)cc1Br. The van der Waals surface area contributed by atoms with Crippen molar-refractivity contribution in [1.29, 1.82) is 0 Å². The van der Waals surface area contributed by atoms with E-state index in [-0.39, 0.29) is 15.9 Å². The highest BCUT2D eigenvalue weighted by Crippen LogP contribution is 2.27. The Morgan fingerprint density at radius 2 is 2.15 bits per heavy atom. The topological polar surface area (TPSA) is 50.3 Å². The summed E-state index contributed by atoms with van der Waals surface area (Å²) in [5.41, 5.74) is 2.49. The summed E-state index contributed by atoms with van der Waals surface area (Å²) in [7, 11) is -2.19. The molecule has 0 aliphatic rings. The summed E-state index contributed by atoms with van der Waals surface area (Å²) in [6.45, 7) is 2.07. The van der Waals surface area contributed by atoms with E-state index in [0.717, 1.165) is 22.7 Å². The van der Waals surface area contributed by atoms with Crippen molar-refractivity contribution in [2.24, 2.45) is 0 Å². The van der Waals surface area contributed by atoms with E-state index in [2.05, 4.69) is 20.9 Å². The van der Waals surface area contributed by atoms with Crippen molar-refractivity contribution >= 4 is 37.3 Å². The first-order valence-electron chi connectivity index (χ1n) is 5.62. The fourth-order valence-corrected chi connectivity index (χ4v) is 4.67. The molecule has 20 heavy (non-hydrogen) atoms. The van der Waals surface area contributed by atoms with Gasteiger partial charge in [-0.25, -0.2) is 17.8 Å². The molecule has 0 spiro atoms. The van der Waals surface area contributed by atoms with Crippen LogP contribution in [0.3, 0.4) is 0 Å². The van der Waals surface area contributed by atoms with Crippen molar-refractivity contribution in [1.82, 2.24) is 9.29 Å². The van der Waals surface area contributed by atoms with Gasteiger partial charge in [-0.15, -0.1) is 11.3 Å². The van der Waals surface area contributed by atoms with Gasteiger partial charge in [0, 0.05) is 22.9 Å². The number of thiazole rings is 1. The molecular weight excluding hydrogens is 367 g/mol. The van der Waals surface area contributed by atoms with E-state index in [0.29, 0.717) is 0 Å². The monoisotopic (exact) mass is 378 g/mol. The van der Waals surface area contributed by atoms with Crippen LogP contribution < -0.4 is 0 Å². The Bertz CT molecular complexity index is 731. The minimum absolute atomic E-state index is 0.0450. The maximum absolute atomic E-state index is 13.0. The van der Waals surface area contributed by atoms with Crippen LogP contribution in [0.15, 0.2) is 33.1 Å². The third kappa shape index (κ3) is 3.08. The second-order valence-electron chi connectivity index (χ2n) is 4.20. The van der Waals surface area contributed by atoms with Gasteiger partial charge in [-0.1, -0.05) is 0 Å². The lowest BCUT2D eigenvalue weighted by atomic mass is 10.3.